The fourth-order valence-corrected chi connectivity index (χ4v) is 1.66. The van der Waals surface area contributed by atoms with Crippen LogP contribution in [-0.4, -0.2) is 16.2 Å². The number of ether oxygens (including phenoxy) is 1. The van der Waals surface area contributed by atoms with E-state index in [0.29, 0.717) is 18.0 Å². The fourth-order valence-electron chi connectivity index (χ4n) is 1.66. The summed E-state index contributed by atoms with van der Waals surface area (Å²) in [6, 6.07) is 5.75. The third-order valence-corrected chi connectivity index (χ3v) is 2.43. The lowest BCUT2D eigenvalue weighted by Crippen LogP contribution is -2.03. The second kappa shape index (κ2) is 4.26. The van der Waals surface area contributed by atoms with Crippen molar-refractivity contribution in [3.8, 4) is 11.4 Å². The lowest BCUT2D eigenvalue weighted by molar-refractivity contribution is 0.342. The van der Waals surface area contributed by atoms with Crippen LogP contribution >= 0.6 is 0 Å². The molecule has 4 nitrogen and oxygen atoms in total. The van der Waals surface area contributed by atoms with Gasteiger partial charge < -0.3 is 15.0 Å². The van der Waals surface area contributed by atoms with Gasteiger partial charge in [-0.3, -0.25) is 0 Å². The van der Waals surface area contributed by atoms with Crippen molar-refractivity contribution in [2.75, 3.05) is 12.3 Å². The van der Waals surface area contributed by atoms with Crippen LogP contribution in [0.3, 0.4) is 0 Å². The molecule has 16 heavy (non-hydrogen) atoms. The quantitative estimate of drug-likeness (QED) is 0.801. The van der Waals surface area contributed by atoms with Crippen molar-refractivity contribution in [3.05, 3.63) is 36.4 Å². The van der Waals surface area contributed by atoms with Gasteiger partial charge in [0.05, 0.1) is 18.0 Å². The molecule has 1 heterocycles. The minimum atomic E-state index is 0.608. The molecule has 0 bridgehead atoms. The zero-order chi connectivity index (χ0) is 11.5. The second-order valence-corrected chi connectivity index (χ2v) is 3.47. The van der Waals surface area contributed by atoms with Gasteiger partial charge in [-0.25, -0.2) is 4.98 Å². The predicted octanol–water partition coefficient (Wildman–Crippen LogP) is 2.16. The highest BCUT2D eigenvalue weighted by atomic mass is 16.5. The van der Waals surface area contributed by atoms with Gasteiger partial charge in [0.1, 0.15) is 11.6 Å². The monoisotopic (exact) mass is 217 g/mol. The van der Waals surface area contributed by atoms with Gasteiger partial charge in [0.2, 0.25) is 0 Å². The number of nitrogen functional groups attached to an aromatic ring is 1. The molecule has 0 fully saturated rings. The first kappa shape index (κ1) is 10.5. The first-order valence-electron chi connectivity index (χ1n) is 5.25. The zero-order valence-corrected chi connectivity index (χ0v) is 9.47. The smallest absolute Gasteiger partial charge is 0.144 e. The van der Waals surface area contributed by atoms with Crippen LogP contribution in [0.25, 0.3) is 5.69 Å². The number of imidazole rings is 1. The summed E-state index contributed by atoms with van der Waals surface area (Å²) in [5.74, 6) is 1.62. The summed E-state index contributed by atoms with van der Waals surface area (Å²) in [4.78, 5) is 4.18. The molecular formula is C12H15N3O. The van der Waals surface area contributed by atoms with Gasteiger partial charge in [0.25, 0.3) is 0 Å². The van der Waals surface area contributed by atoms with E-state index in [1.165, 1.54) is 0 Å². The molecule has 0 aliphatic carbocycles. The maximum Gasteiger partial charge on any atom is 0.144 e. The summed E-state index contributed by atoms with van der Waals surface area (Å²) in [5.41, 5.74) is 7.60. The van der Waals surface area contributed by atoms with Crippen molar-refractivity contribution in [3.63, 3.8) is 0 Å². The molecule has 0 amide bonds. The molecule has 0 aliphatic rings. The van der Waals surface area contributed by atoms with Crippen LogP contribution in [0.5, 0.6) is 5.75 Å². The maximum atomic E-state index is 6.06. The Morgan fingerprint density at radius 1 is 1.44 bits per heavy atom. The molecule has 0 saturated carbocycles. The summed E-state index contributed by atoms with van der Waals surface area (Å²) in [5, 5.41) is 0. The Kier molecular flexibility index (Phi) is 2.81. The molecule has 0 spiro atoms. The van der Waals surface area contributed by atoms with Gasteiger partial charge in [-0.2, -0.15) is 0 Å². The Balaban J connectivity index is 2.50. The van der Waals surface area contributed by atoms with Crippen LogP contribution in [-0.2, 0) is 0 Å². The summed E-state index contributed by atoms with van der Waals surface area (Å²) >= 11 is 0. The highest BCUT2D eigenvalue weighted by Gasteiger charge is 2.08. The number of para-hydroxylation sites is 1. The predicted molar refractivity (Wildman–Crippen MR) is 63.9 cm³/mol. The Morgan fingerprint density at radius 3 is 2.88 bits per heavy atom. The number of anilines is 1. The average Bonchev–Trinajstić information content (AvgIpc) is 2.68. The first-order chi connectivity index (χ1) is 7.74. The van der Waals surface area contributed by atoms with Crippen LogP contribution < -0.4 is 10.5 Å². The third kappa shape index (κ3) is 1.74. The topological polar surface area (TPSA) is 53.1 Å². The third-order valence-electron chi connectivity index (χ3n) is 2.43. The van der Waals surface area contributed by atoms with E-state index in [-0.39, 0.29) is 0 Å². The van der Waals surface area contributed by atoms with Crippen molar-refractivity contribution in [1.29, 1.82) is 0 Å². The van der Waals surface area contributed by atoms with Crippen LogP contribution in [0.1, 0.15) is 12.7 Å². The van der Waals surface area contributed by atoms with Gasteiger partial charge in [0, 0.05) is 12.4 Å². The van der Waals surface area contributed by atoms with Crippen molar-refractivity contribution in [2.45, 2.75) is 13.8 Å². The number of aryl methyl sites for hydroxylation is 1. The lowest BCUT2D eigenvalue weighted by Gasteiger charge is -2.12. The molecular weight excluding hydrogens is 202 g/mol. The number of benzene rings is 1. The molecule has 2 aromatic rings. The molecule has 0 radical (unpaired) electrons. The molecule has 0 saturated heterocycles. The van der Waals surface area contributed by atoms with Crippen molar-refractivity contribution >= 4 is 5.69 Å². The Morgan fingerprint density at radius 2 is 2.25 bits per heavy atom. The molecule has 1 aromatic carbocycles. The van der Waals surface area contributed by atoms with Crippen molar-refractivity contribution in [1.82, 2.24) is 9.55 Å². The van der Waals surface area contributed by atoms with Crippen LogP contribution in [0.2, 0.25) is 0 Å². The normalized spacial score (nSPS) is 10.4. The molecule has 0 aliphatic heterocycles. The zero-order valence-electron chi connectivity index (χ0n) is 9.47. The van der Waals surface area contributed by atoms with Crippen LogP contribution in [0.15, 0.2) is 30.6 Å². The minimum absolute atomic E-state index is 0.608. The molecule has 2 N–H and O–H groups in total. The highest BCUT2D eigenvalue weighted by molar-refractivity contribution is 5.66. The molecule has 2 rings (SSSR count). The number of aromatic nitrogens is 2. The van der Waals surface area contributed by atoms with Crippen molar-refractivity contribution < 1.29 is 4.74 Å². The highest BCUT2D eigenvalue weighted by Crippen LogP contribution is 2.28. The lowest BCUT2D eigenvalue weighted by atomic mass is 10.2. The Labute approximate surface area is 94.7 Å². The fraction of sp³-hybridized carbons (Fsp3) is 0.250. The summed E-state index contributed by atoms with van der Waals surface area (Å²) in [7, 11) is 0. The Bertz CT molecular complexity index is 491. The largest absolute Gasteiger partial charge is 0.492 e. The van der Waals surface area contributed by atoms with Gasteiger partial charge in [-0.1, -0.05) is 6.07 Å². The number of rotatable bonds is 3. The van der Waals surface area contributed by atoms with E-state index in [4.69, 9.17) is 10.5 Å². The summed E-state index contributed by atoms with van der Waals surface area (Å²) in [6.45, 7) is 4.48. The van der Waals surface area contributed by atoms with E-state index in [9.17, 15) is 0 Å². The molecule has 1 aromatic heterocycles. The number of hydrogen-bond acceptors (Lipinski definition) is 3. The van der Waals surface area contributed by atoms with Gasteiger partial charge >= 0.3 is 0 Å². The van der Waals surface area contributed by atoms with Gasteiger partial charge in [0.15, 0.2) is 0 Å². The second-order valence-electron chi connectivity index (χ2n) is 3.47. The first-order valence-corrected chi connectivity index (χ1v) is 5.25. The van der Waals surface area contributed by atoms with Crippen LogP contribution in [0, 0.1) is 6.92 Å². The van der Waals surface area contributed by atoms with Gasteiger partial charge in [-0.15, -0.1) is 0 Å². The SMILES string of the molecule is CCOc1cccc(-n2ccnc2C)c1N. The minimum Gasteiger partial charge on any atom is -0.492 e. The Hall–Kier alpha value is -1.97. The van der Waals surface area contributed by atoms with E-state index in [2.05, 4.69) is 4.98 Å². The molecule has 0 atom stereocenters. The number of nitrogens with two attached hydrogens (primary N) is 1. The van der Waals surface area contributed by atoms with E-state index < -0.39 is 0 Å². The molecule has 0 unspecified atom stereocenters. The van der Waals surface area contributed by atoms with E-state index in [1.807, 2.05) is 42.8 Å². The molecule has 84 valence electrons. The molecule has 4 heteroatoms. The average molecular weight is 217 g/mol. The number of nitrogens with zero attached hydrogens (tertiary/aromatic N) is 2. The van der Waals surface area contributed by atoms with E-state index in [1.54, 1.807) is 6.20 Å². The van der Waals surface area contributed by atoms with E-state index >= 15 is 0 Å². The standard InChI is InChI=1S/C12H15N3O/c1-3-16-11-6-4-5-10(12(11)13)15-8-7-14-9(15)2/h4-8H,3,13H2,1-2H3. The number of hydrogen-bond donors (Lipinski definition) is 1. The summed E-state index contributed by atoms with van der Waals surface area (Å²) < 4.78 is 7.40. The maximum absolute atomic E-state index is 6.06. The van der Waals surface area contributed by atoms with Gasteiger partial charge in [-0.05, 0) is 26.0 Å². The van der Waals surface area contributed by atoms with E-state index in [0.717, 1.165) is 11.5 Å². The van der Waals surface area contributed by atoms with Crippen LogP contribution in [0.4, 0.5) is 5.69 Å². The summed E-state index contributed by atoms with van der Waals surface area (Å²) in [6.07, 6.45) is 3.64. The van der Waals surface area contributed by atoms with Crippen molar-refractivity contribution in [2.24, 2.45) is 0 Å².